The number of hydrogen-bond donors (Lipinski definition) is 1. The molecule has 1 rings (SSSR count). The largest absolute Gasteiger partial charge is 0.380 e. The van der Waals surface area contributed by atoms with Gasteiger partial charge in [-0.2, -0.15) is 0 Å². The summed E-state index contributed by atoms with van der Waals surface area (Å²) >= 11 is 0. The maximum absolute atomic E-state index is 11.3. The molecule has 0 spiro atoms. The SMILES string of the molecule is CN(C)C(=O)CCCOCC1CCCCN1. The Morgan fingerprint density at radius 1 is 1.44 bits per heavy atom. The Balaban J connectivity index is 1.93. The third-order valence-electron chi connectivity index (χ3n) is 2.91. The summed E-state index contributed by atoms with van der Waals surface area (Å²) in [6, 6.07) is 0.526. The van der Waals surface area contributed by atoms with Crippen molar-refractivity contribution in [1.29, 1.82) is 0 Å². The number of nitrogens with one attached hydrogen (secondary N) is 1. The number of carbonyl (C=O) groups excluding carboxylic acids is 1. The Labute approximate surface area is 98.3 Å². The van der Waals surface area contributed by atoms with E-state index in [1.807, 2.05) is 0 Å². The summed E-state index contributed by atoms with van der Waals surface area (Å²) in [5, 5.41) is 3.44. The van der Waals surface area contributed by atoms with Gasteiger partial charge in [0, 0.05) is 33.2 Å². The van der Waals surface area contributed by atoms with Crippen molar-refractivity contribution in [2.75, 3.05) is 33.9 Å². The second-order valence-corrected chi connectivity index (χ2v) is 4.61. The van der Waals surface area contributed by atoms with Gasteiger partial charge < -0.3 is 15.0 Å². The van der Waals surface area contributed by atoms with Gasteiger partial charge in [0.25, 0.3) is 0 Å². The van der Waals surface area contributed by atoms with Gasteiger partial charge in [-0.3, -0.25) is 4.79 Å². The zero-order chi connectivity index (χ0) is 11.8. The minimum absolute atomic E-state index is 0.180. The number of nitrogens with zero attached hydrogens (tertiary/aromatic N) is 1. The predicted molar refractivity (Wildman–Crippen MR) is 64.4 cm³/mol. The zero-order valence-corrected chi connectivity index (χ0v) is 10.5. The number of amides is 1. The van der Waals surface area contributed by atoms with Gasteiger partial charge in [0.15, 0.2) is 0 Å². The van der Waals surface area contributed by atoms with Crippen LogP contribution in [0.2, 0.25) is 0 Å². The minimum atomic E-state index is 0.180. The molecule has 94 valence electrons. The fourth-order valence-electron chi connectivity index (χ4n) is 1.84. The van der Waals surface area contributed by atoms with Crippen molar-refractivity contribution in [3.8, 4) is 0 Å². The molecule has 1 fully saturated rings. The van der Waals surface area contributed by atoms with E-state index < -0.39 is 0 Å². The Kier molecular flexibility index (Phi) is 6.42. The van der Waals surface area contributed by atoms with Crippen molar-refractivity contribution in [2.24, 2.45) is 0 Å². The van der Waals surface area contributed by atoms with Crippen LogP contribution in [0.3, 0.4) is 0 Å². The molecule has 1 aliphatic rings. The summed E-state index contributed by atoms with van der Waals surface area (Å²) in [7, 11) is 3.57. The summed E-state index contributed by atoms with van der Waals surface area (Å²) in [6.07, 6.45) is 5.22. The molecule has 4 nitrogen and oxygen atoms in total. The third-order valence-corrected chi connectivity index (χ3v) is 2.91. The highest BCUT2D eigenvalue weighted by atomic mass is 16.5. The molecule has 1 amide bonds. The lowest BCUT2D eigenvalue weighted by molar-refractivity contribution is -0.129. The normalized spacial score (nSPS) is 20.8. The van der Waals surface area contributed by atoms with Crippen LogP contribution in [-0.4, -0.2) is 50.7 Å². The number of hydrogen-bond acceptors (Lipinski definition) is 3. The molecule has 1 unspecified atom stereocenters. The van der Waals surface area contributed by atoms with Crippen LogP contribution in [0.25, 0.3) is 0 Å². The van der Waals surface area contributed by atoms with E-state index in [-0.39, 0.29) is 5.91 Å². The molecule has 0 aromatic carbocycles. The number of rotatable bonds is 6. The molecule has 0 bridgehead atoms. The molecule has 4 heteroatoms. The summed E-state index contributed by atoms with van der Waals surface area (Å²) in [5.74, 6) is 0.180. The fourth-order valence-corrected chi connectivity index (χ4v) is 1.84. The second kappa shape index (κ2) is 7.63. The summed E-state index contributed by atoms with van der Waals surface area (Å²) in [6.45, 7) is 2.60. The summed E-state index contributed by atoms with van der Waals surface area (Å²) < 4.78 is 5.57. The fraction of sp³-hybridized carbons (Fsp3) is 0.917. The number of piperidine rings is 1. The van der Waals surface area contributed by atoms with Crippen LogP contribution in [0.5, 0.6) is 0 Å². The molecular weight excluding hydrogens is 204 g/mol. The van der Waals surface area contributed by atoms with Crippen molar-refractivity contribution < 1.29 is 9.53 Å². The topological polar surface area (TPSA) is 41.6 Å². The quantitative estimate of drug-likeness (QED) is 0.690. The van der Waals surface area contributed by atoms with Crippen LogP contribution in [0.15, 0.2) is 0 Å². The molecule has 16 heavy (non-hydrogen) atoms. The molecule has 1 heterocycles. The molecule has 0 radical (unpaired) electrons. The highest BCUT2D eigenvalue weighted by Crippen LogP contribution is 2.07. The van der Waals surface area contributed by atoms with Crippen LogP contribution >= 0.6 is 0 Å². The number of ether oxygens (including phenoxy) is 1. The monoisotopic (exact) mass is 228 g/mol. The lowest BCUT2D eigenvalue weighted by Crippen LogP contribution is -2.37. The van der Waals surface area contributed by atoms with Gasteiger partial charge in [-0.15, -0.1) is 0 Å². The molecule has 0 aromatic heterocycles. The van der Waals surface area contributed by atoms with Crippen LogP contribution in [0, 0.1) is 0 Å². The predicted octanol–water partition coefficient (Wildman–Crippen LogP) is 1.01. The average molecular weight is 228 g/mol. The van der Waals surface area contributed by atoms with E-state index in [4.69, 9.17) is 4.74 Å². The van der Waals surface area contributed by atoms with E-state index in [1.54, 1.807) is 19.0 Å². The Bertz CT molecular complexity index is 201. The van der Waals surface area contributed by atoms with E-state index in [0.29, 0.717) is 19.1 Å². The summed E-state index contributed by atoms with van der Waals surface area (Å²) in [5.41, 5.74) is 0. The van der Waals surface area contributed by atoms with Gasteiger partial charge >= 0.3 is 0 Å². The first-order chi connectivity index (χ1) is 7.70. The first-order valence-electron chi connectivity index (χ1n) is 6.21. The van der Waals surface area contributed by atoms with E-state index >= 15 is 0 Å². The highest BCUT2D eigenvalue weighted by molar-refractivity contribution is 5.75. The van der Waals surface area contributed by atoms with Gasteiger partial charge in [-0.05, 0) is 25.8 Å². The van der Waals surface area contributed by atoms with Gasteiger partial charge in [-0.1, -0.05) is 6.42 Å². The lowest BCUT2D eigenvalue weighted by atomic mass is 10.1. The molecule has 1 saturated heterocycles. The maximum Gasteiger partial charge on any atom is 0.222 e. The average Bonchev–Trinajstić information content (AvgIpc) is 2.29. The standard InChI is InChI=1S/C12H24N2O2/c1-14(2)12(15)7-5-9-16-10-11-6-3-4-8-13-11/h11,13H,3-10H2,1-2H3. The van der Waals surface area contributed by atoms with E-state index in [2.05, 4.69) is 5.32 Å². The van der Waals surface area contributed by atoms with Crippen LogP contribution in [0.1, 0.15) is 32.1 Å². The van der Waals surface area contributed by atoms with E-state index in [9.17, 15) is 4.79 Å². The van der Waals surface area contributed by atoms with Gasteiger partial charge in [0.1, 0.15) is 0 Å². The first-order valence-corrected chi connectivity index (χ1v) is 6.21. The van der Waals surface area contributed by atoms with Gasteiger partial charge in [0.2, 0.25) is 5.91 Å². The first kappa shape index (κ1) is 13.5. The molecule has 0 aromatic rings. The molecular formula is C12H24N2O2. The van der Waals surface area contributed by atoms with E-state index in [1.165, 1.54) is 19.3 Å². The smallest absolute Gasteiger partial charge is 0.222 e. The van der Waals surface area contributed by atoms with E-state index in [0.717, 1.165) is 19.6 Å². The number of carbonyl (C=O) groups is 1. The van der Waals surface area contributed by atoms with Crippen molar-refractivity contribution in [3.05, 3.63) is 0 Å². The molecule has 1 N–H and O–H groups in total. The highest BCUT2D eigenvalue weighted by Gasteiger charge is 2.12. The zero-order valence-electron chi connectivity index (χ0n) is 10.5. The maximum atomic E-state index is 11.3. The molecule has 0 aliphatic carbocycles. The lowest BCUT2D eigenvalue weighted by Gasteiger charge is -2.23. The van der Waals surface area contributed by atoms with Gasteiger partial charge in [-0.25, -0.2) is 0 Å². The van der Waals surface area contributed by atoms with Gasteiger partial charge in [0.05, 0.1) is 6.61 Å². The van der Waals surface area contributed by atoms with Crippen LogP contribution < -0.4 is 5.32 Å². The van der Waals surface area contributed by atoms with Crippen LogP contribution in [0.4, 0.5) is 0 Å². The Morgan fingerprint density at radius 3 is 2.88 bits per heavy atom. The van der Waals surface area contributed by atoms with Crippen molar-refractivity contribution in [2.45, 2.75) is 38.1 Å². The van der Waals surface area contributed by atoms with Crippen molar-refractivity contribution in [3.63, 3.8) is 0 Å². The van der Waals surface area contributed by atoms with Crippen LogP contribution in [-0.2, 0) is 9.53 Å². The molecule has 1 atom stereocenters. The third kappa shape index (κ3) is 5.47. The Morgan fingerprint density at radius 2 is 2.25 bits per heavy atom. The van der Waals surface area contributed by atoms with Crippen molar-refractivity contribution >= 4 is 5.91 Å². The summed E-state index contributed by atoms with van der Waals surface area (Å²) in [4.78, 5) is 12.9. The molecule has 1 aliphatic heterocycles. The minimum Gasteiger partial charge on any atom is -0.380 e. The Hall–Kier alpha value is -0.610. The van der Waals surface area contributed by atoms with Crippen molar-refractivity contribution in [1.82, 2.24) is 10.2 Å². The second-order valence-electron chi connectivity index (χ2n) is 4.61. The molecule has 0 saturated carbocycles.